The van der Waals surface area contributed by atoms with E-state index in [2.05, 4.69) is 5.32 Å². The minimum absolute atomic E-state index is 0.0210. The number of benzene rings is 1. The molecule has 0 saturated heterocycles. The van der Waals surface area contributed by atoms with Gasteiger partial charge in [-0.25, -0.2) is 0 Å². The van der Waals surface area contributed by atoms with Gasteiger partial charge in [-0.2, -0.15) is 15.8 Å². The zero-order chi connectivity index (χ0) is 15.4. The van der Waals surface area contributed by atoms with E-state index in [4.69, 9.17) is 73.8 Å². The number of nitrogens with zero attached hydrogens (tertiary/aromatic N) is 3. The molecule has 0 aromatic heterocycles. The van der Waals surface area contributed by atoms with Gasteiger partial charge < -0.3 is 5.32 Å². The number of allylic oxidation sites excluding steroid dienone is 2. The first-order valence-corrected chi connectivity index (χ1v) is 6.51. The summed E-state index contributed by atoms with van der Waals surface area (Å²) in [6.45, 7) is 0. The van der Waals surface area contributed by atoms with Gasteiger partial charge in [0.15, 0.2) is 5.57 Å². The molecule has 0 aliphatic rings. The summed E-state index contributed by atoms with van der Waals surface area (Å²) in [5, 5.41) is 28.5. The molecule has 1 aromatic carbocycles. The van der Waals surface area contributed by atoms with Crippen molar-refractivity contribution in [3.05, 3.63) is 36.4 Å². The molecule has 1 N–H and O–H groups in total. The first kappa shape index (κ1) is 16.7. The van der Waals surface area contributed by atoms with Crippen LogP contribution in [0.1, 0.15) is 0 Å². The summed E-state index contributed by atoms with van der Waals surface area (Å²) >= 11 is 29.4. The highest BCUT2D eigenvalue weighted by Gasteiger charge is 2.20. The van der Waals surface area contributed by atoms with Crippen molar-refractivity contribution in [2.45, 2.75) is 0 Å². The Morgan fingerprint density at radius 3 is 1.45 bits per heavy atom. The van der Waals surface area contributed by atoms with Crippen LogP contribution in [0.5, 0.6) is 0 Å². The van der Waals surface area contributed by atoms with Crippen molar-refractivity contribution in [1.29, 1.82) is 15.8 Å². The smallest absolute Gasteiger partial charge is 0.163 e. The Bertz CT molecular complexity index is 688. The molecule has 0 bridgehead atoms. The lowest BCUT2D eigenvalue weighted by atomic mass is 10.2. The van der Waals surface area contributed by atoms with Crippen molar-refractivity contribution in [2.24, 2.45) is 0 Å². The van der Waals surface area contributed by atoms with Gasteiger partial charge >= 0.3 is 0 Å². The Balaban J connectivity index is 3.54. The normalized spacial score (nSPS) is 9.10. The minimum Gasteiger partial charge on any atom is -0.343 e. The number of nitriles is 3. The van der Waals surface area contributed by atoms with E-state index in [1.807, 2.05) is 0 Å². The summed E-state index contributed by atoms with van der Waals surface area (Å²) in [6, 6.07) is 4.76. The van der Waals surface area contributed by atoms with Crippen molar-refractivity contribution < 1.29 is 0 Å². The van der Waals surface area contributed by atoms with E-state index < -0.39 is 5.57 Å². The van der Waals surface area contributed by atoms with Crippen molar-refractivity contribution in [2.75, 3.05) is 5.32 Å². The zero-order valence-electron chi connectivity index (χ0n) is 9.23. The Morgan fingerprint density at radius 2 is 1.10 bits per heavy atom. The number of halogens is 5. The van der Waals surface area contributed by atoms with Gasteiger partial charge in [-0.05, 0) is 0 Å². The van der Waals surface area contributed by atoms with Gasteiger partial charge in [0, 0.05) is 0 Å². The van der Waals surface area contributed by atoms with Gasteiger partial charge in [0.25, 0.3) is 0 Å². The molecule has 0 aliphatic carbocycles. The third-order valence-corrected chi connectivity index (χ3v) is 4.32. The number of hydrogen-bond donors (Lipinski definition) is 1. The molecule has 0 aliphatic heterocycles. The summed E-state index contributed by atoms with van der Waals surface area (Å²) < 4.78 is 0. The van der Waals surface area contributed by atoms with E-state index in [-0.39, 0.29) is 36.5 Å². The summed E-state index contributed by atoms with van der Waals surface area (Å²) in [7, 11) is 0. The molecule has 4 nitrogen and oxygen atoms in total. The summed E-state index contributed by atoms with van der Waals surface area (Å²) in [5.74, 6) is 0. The molecule has 0 amide bonds. The topological polar surface area (TPSA) is 83.4 Å². The van der Waals surface area contributed by atoms with Gasteiger partial charge in [-0.15, -0.1) is 0 Å². The van der Waals surface area contributed by atoms with Gasteiger partial charge in [-0.3, -0.25) is 0 Å². The van der Waals surface area contributed by atoms with Crippen LogP contribution in [0, 0.1) is 34.0 Å². The van der Waals surface area contributed by atoms with Crippen LogP contribution in [-0.4, -0.2) is 0 Å². The van der Waals surface area contributed by atoms with Crippen LogP contribution in [0.15, 0.2) is 11.3 Å². The summed E-state index contributed by atoms with van der Waals surface area (Å²) in [6.07, 6.45) is 0. The largest absolute Gasteiger partial charge is 0.343 e. The molecule has 0 spiro atoms. The maximum absolute atomic E-state index is 8.94. The van der Waals surface area contributed by atoms with E-state index in [1.165, 1.54) is 0 Å². The molecular formula is C11HCl5N4. The van der Waals surface area contributed by atoms with Crippen LogP contribution in [-0.2, 0) is 0 Å². The van der Waals surface area contributed by atoms with Crippen LogP contribution in [0.25, 0.3) is 0 Å². The molecule has 0 heterocycles. The van der Waals surface area contributed by atoms with E-state index in [0.717, 1.165) is 0 Å². The van der Waals surface area contributed by atoms with E-state index in [0.29, 0.717) is 0 Å². The highest BCUT2D eigenvalue weighted by Crippen LogP contribution is 2.47. The fourth-order valence-electron chi connectivity index (χ4n) is 1.12. The maximum Gasteiger partial charge on any atom is 0.163 e. The van der Waals surface area contributed by atoms with Crippen molar-refractivity contribution in [3.8, 4) is 18.2 Å². The second-order valence-corrected chi connectivity index (χ2v) is 5.05. The van der Waals surface area contributed by atoms with Crippen LogP contribution in [0.4, 0.5) is 5.69 Å². The average Bonchev–Trinajstić information content (AvgIpc) is 2.46. The number of nitrogens with one attached hydrogen (secondary N) is 1. The molecule has 0 unspecified atom stereocenters. The number of anilines is 1. The SMILES string of the molecule is N#CC(C#N)=C(C#N)Nc1c(Cl)c(Cl)c(Cl)c(Cl)c1Cl. The molecule has 0 fully saturated rings. The molecule has 0 radical (unpaired) electrons. The van der Waals surface area contributed by atoms with Gasteiger partial charge in [-0.1, -0.05) is 58.0 Å². The lowest BCUT2D eigenvalue weighted by Gasteiger charge is -2.13. The number of hydrogen-bond acceptors (Lipinski definition) is 4. The van der Waals surface area contributed by atoms with Crippen molar-refractivity contribution in [3.63, 3.8) is 0 Å². The molecule has 0 atom stereocenters. The molecule has 9 heteroatoms. The van der Waals surface area contributed by atoms with Crippen molar-refractivity contribution >= 4 is 63.7 Å². The Morgan fingerprint density at radius 1 is 0.700 bits per heavy atom. The van der Waals surface area contributed by atoms with Gasteiger partial charge in [0.2, 0.25) is 0 Å². The number of rotatable bonds is 2. The second kappa shape index (κ2) is 6.91. The second-order valence-electron chi connectivity index (χ2n) is 3.16. The highest BCUT2D eigenvalue weighted by atomic mass is 35.5. The maximum atomic E-state index is 8.94. The summed E-state index contributed by atoms with van der Waals surface area (Å²) in [5.41, 5.74) is -0.803. The van der Waals surface area contributed by atoms with Gasteiger partial charge in [0.1, 0.15) is 23.9 Å². The molecule has 100 valence electrons. The molecule has 1 rings (SSSR count). The Kier molecular flexibility index (Phi) is 5.78. The lowest BCUT2D eigenvalue weighted by Crippen LogP contribution is -2.02. The fraction of sp³-hybridized carbons (Fsp3) is 0. The van der Waals surface area contributed by atoms with Crippen LogP contribution >= 0.6 is 58.0 Å². The highest BCUT2D eigenvalue weighted by molar-refractivity contribution is 6.56. The average molecular weight is 366 g/mol. The fourth-order valence-corrected chi connectivity index (χ4v) is 2.36. The molecule has 0 saturated carbocycles. The van der Waals surface area contributed by atoms with Gasteiger partial charge in [0.05, 0.1) is 30.8 Å². The molecule has 1 aromatic rings. The van der Waals surface area contributed by atoms with Crippen LogP contribution in [0.3, 0.4) is 0 Å². The third kappa shape index (κ3) is 3.05. The van der Waals surface area contributed by atoms with E-state index in [9.17, 15) is 0 Å². The first-order valence-electron chi connectivity index (χ1n) is 4.62. The van der Waals surface area contributed by atoms with Crippen LogP contribution < -0.4 is 5.32 Å². The van der Waals surface area contributed by atoms with Crippen LogP contribution in [0.2, 0.25) is 25.1 Å². The standard InChI is InChI=1S/C11HCl5N4/c12-6-7(13)9(15)11(10(16)8(6)14)20-5(3-19)4(1-17)2-18/h20H. The summed E-state index contributed by atoms with van der Waals surface area (Å²) in [4.78, 5) is 0. The third-order valence-electron chi connectivity index (χ3n) is 2.05. The predicted molar refractivity (Wildman–Crippen MR) is 79.0 cm³/mol. The minimum atomic E-state index is -0.443. The lowest BCUT2D eigenvalue weighted by molar-refractivity contribution is 1.37. The zero-order valence-corrected chi connectivity index (χ0v) is 13.0. The predicted octanol–water partition coefficient (Wildman–Crippen LogP) is 5.19. The quantitative estimate of drug-likeness (QED) is 0.443. The van der Waals surface area contributed by atoms with E-state index in [1.54, 1.807) is 18.2 Å². The first-order chi connectivity index (χ1) is 9.38. The Labute approximate surface area is 139 Å². The van der Waals surface area contributed by atoms with Crippen molar-refractivity contribution in [1.82, 2.24) is 0 Å². The Hall–Kier alpha value is -1.32. The molecular weight excluding hydrogens is 365 g/mol. The monoisotopic (exact) mass is 364 g/mol. The molecule has 20 heavy (non-hydrogen) atoms. The van der Waals surface area contributed by atoms with E-state index >= 15 is 0 Å².